The Hall–Kier alpha value is -1.05. The highest BCUT2D eigenvalue weighted by Gasteiger charge is 2.15. The van der Waals surface area contributed by atoms with Crippen molar-refractivity contribution in [2.75, 3.05) is 13.1 Å². The Morgan fingerprint density at radius 3 is 2.58 bits per heavy atom. The van der Waals surface area contributed by atoms with Crippen LogP contribution in [0.3, 0.4) is 0 Å². The van der Waals surface area contributed by atoms with Gasteiger partial charge in [0.15, 0.2) is 11.6 Å². The minimum Gasteiger partial charge on any atom is -0.330 e. The highest BCUT2D eigenvalue weighted by Crippen LogP contribution is 2.13. The Morgan fingerprint density at radius 2 is 2.00 bits per heavy atom. The van der Waals surface area contributed by atoms with Crippen LogP contribution in [-0.4, -0.2) is 21.5 Å². The SMILES string of the molecule is CC(CN)CCCNS(=O)(=O)c1ccc(F)c(F)c1. The average molecular weight is 292 g/mol. The number of benzene rings is 1. The lowest BCUT2D eigenvalue weighted by Gasteiger charge is -2.09. The van der Waals surface area contributed by atoms with Crippen LogP contribution in [0, 0.1) is 17.6 Å². The van der Waals surface area contributed by atoms with Crippen molar-refractivity contribution in [3.63, 3.8) is 0 Å². The van der Waals surface area contributed by atoms with Gasteiger partial charge in [0, 0.05) is 6.54 Å². The Balaban J connectivity index is 2.58. The molecule has 1 aromatic carbocycles. The summed E-state index contributed by atoms with van der Waals surface area (Å²) in [5.41, 5.74) is 5.45. The molecule has 1 unspecified atom stereocenters. The highest BCUT2D eigenvalue weighted by molar-refractivity contribution is 7.89. The van der Waals surface area contributed by atoms with E-state index in [1.54, 1.807) is 0 Å². The van der Waals surface area contributed by atoms with Gasteiger partial charge in [-0.05, 0) is 43.5 Å². The lowest BCUT2D eigenvalue weighted by Crippen LogP contribution is -2.25. The van der Waals surface area contributed by atoms with E-state index in [1.807, 2.05) is 6.92 Å². The van der Waals surface area contributed by atoms with Crippen molar-refractivity contribution in [2.45, 2.75) is 24.7 Å². The number of nitrogens with two attached hydrogens (primary N) is 1. The first kappa shape index (κ1) is 16.0. The minimum atomic E-state index is -3.79. The molecule has 3 N–H and O–H groups in total. The van der Waals surface area contributed by atoms with Crippen LogP contribution in [0.25, 0.3) is 0 Å². The van der Waals surface area contributed by atoms with Gasteiger partial charge in [0.25, 0.3) is 0 Å². The third kappa shape index (κ3) is 4.85. The number of sulfonamides is 1. The van der Waals surface area contributed by atoms with E-state index in [0.29, 0.717) is 24.9 Å². The molecule has 1 aromatic rings. The molecular formula is C12H18F2N2O2S. The molecule has 7 heteroatoms. The van der Waals surface area contributed by atoms with Crippen molar-refractivity contribution in [1.82, 2.24) is 4.72 Å². The van der Waals surface area contributed by atoms with Crippen LogP contribution in [0.1, 0.15) is 19.8 Å². The molecule has 19 heavy (non-hydrogen) atoms. The van der Waals surface area contributed by atoms with Crippen LogP contribution in [0.4, 0.5) is 8.78 Å². The second-order valence-corrected chi connectivity index (χ2v) is 6.22. The van der Waals surface area contributed by atoms with Gasteiger partial charge in [-0.2, -0.15) is 0 Å². The topological polar surface area (TPSA) is 72.2 Å². The molecular weight excluding hydrogens is 274 g/mol. The lowest BCUT2D eigenvalue weighted by atomic mass is 10.1. The number of hydrogen-bond acceptors (Lipinski definition) is 3. The Kier molecular flexibility index (Phi) is 5.84. The summed E-state index contributed by atoms with van der Waals surface area (Å²) in [4.78, 5) is -0.279. The largest absolute Gasteiger partial charge is 0.330 e. The summed E-state index contributed by atoms with van der Waals surface area (Å²) in [7, 11) is -3.79. The van der Waals surface area contributed by atoms with E-state index >= 15 is 0 Å². The zero-order valence-electron chi connectivity index (χ0n) is 10.7. The van der Waals surface area contributed by atoms with E-state index in [9.17, 15) is 17.2 Å². The fraction of sp³-hybridized carbons (Fsp3) is 0.500. The molecule has 1 rings (SSSR count). The summed E-state index contributed by atoms with van der Waals surface area (Å²) in [5.74, 6) is -1.93. The van der Waals surface area contributed by atoms with Crippen LogP contribution < -0.4 is 10.5 Å². The highest BCUT2D eigenvalue weighted by atomic mass is 32.2. The molecule has 0 aromatic heterocycles. The number of nitrogens with one attached hydrogen (secondary N) is 1. The van der Waals surface area contributed by atoms with Crippen LogP contribution >= 0.6 is 0 Å². The predicted octanol–water partition coefficient (Wildman–Crippen LogP) is 1.62. The van der Waals surface area contributed by atoms with Crippen LogP contribution in [0.5, 0.6) is 0 Å². The maximum absolute atomic E-state index is 13.0. The molecule has 4 nitrogen and oxygen atoms in total. The Morgan fingerprint density at radius 1 is 1.32 bits per heavy atom. The molecule has 108 valence electrons. The van der Waals surface area contributed by atoms with Gasteiger partial charge in [0.2, 0.25) is 10.0 Å². The van der Waals surface area contributed by atoms with E-state index in [2.05, 4.69) is 4.72 Å². The molecule has 0 heterocycles. The van der Waals surface area contributed by atoms with Gasteiger partial charge in [-0.1, -0.05) is 6.92 Å². The maximum Gasteiger partial charge on any atom is 0.240 e. The third-order valence-electron chi connectivity index (χ3n) is 2.77. The summed E-state index contributed by atoms with van der Waals surface area (Å²) in [6.07, 6.45) is 1.44. The second kappa shape index (κ2) is 6.93. The van der Waals surface area contributed by atoms with E-state index in [1.165, 1.54) is 0 Å². The molecule has 0 amide bonds. The van der Waals surface area contributed by atoms with Crippen LogP contribution in [-0.2, 0) is 10.0 Å². The molecule has 0 aliphatic heterocycles. The number of rotatable bonds is 7. The van der Waals surface area contributed by atoms with Crippen molar-refractivity contribution >= 4 is 10.0 Å². The molecule has 0 radical (unpaired) electrons. The molecule has 0 aliphatic carbocycles. The Bertz CT molecular complexity index is 520. The summed E-state index contributed by atoms with van der Waals surface area (Å²) in [6, 6.07) is 2.49. The number of hydrogen-bond donors (Lipinski definition) is 2. The first-order valence-electron chi connectivity index (χ1n) is 6.01. The molecule has 0 aliphatic rings. The van der Waals surface area contributed by atoms with E-state index in [4.69, 9.17) is 5.73 Å². The fourth-order valence-corrected chi connectivity index (χ4v) is 2.59. The van der Waals surface area contributed by atoms with Gasteiger partial charge in [0.1, 0.15) is 0 Å². The Labute approximate surface area is 112 Å². The quantitative estimate of drug-likeness (QED) is 0.750. The first-order valence-corrected chi connectivity index (χ1v) is 7.50. The first-order chi connectivity index (χ1) is 8.86. The summed E-state index contributed by atoms with van der Waals surface area (Å²) in [6.45, 7) is 2.77. The zero-order chi connectivity index (χ0) is 14.5. The van der Waals surface area contributed by atoms with E-state index in [-0.39, 0.29) is 11.4 Å². The van der Waals surface area contributed by atoms with Gasteiger partial charge < -0.3 is 5.73 Å². The van der Waals surface area contributed by atoms with Crippen LogP contribution in [0.15, 0.2) is 23.1 Å². The maximum atomic E-state index is 13.0. The number of halogens is 2. The monoisotopic (exact) mass is 292 g/mol. The summed E-state index contributed by atoms with van der Waals surface area (Å²) < 4.78 is 51.6. The zero-order valence-corrected chi connectivity index (χ0v) is 11.5. The lowest BCUT2D eigenvalue weighted by molar-refractivity contribution is 0.502. The summed E-state index contributed by atoms with van der Waals surface area (Å²) >= 11 is 0. The smallest absolute Gasteiger partial charge is 0.240 e. The van der Waals surface area contributed by atoms with Gasteiger partial charge >= 0.3 is 0 Å². The molecule has 0 spiro atoms. The molecule has 1 atom stereocenters. The molecule has 0 fully saturated rings. The third-order valence-corrected chi connectivity index (χ3v) is 4.23. The van der Waals surface area contributed by atoms with Gasteiger partial charge in [-0.25, -0.2) is 21.9 Å². The second-order valence-electron chi connectivity index (χ2n) is 4.46. The predicted molar refractivity (Wildman–Crippen MR) is 69.0 cm³/mol. The molecule has 0 saturated carbocycles. The van der Waals surface area contributed by atoms with Crippen LogP contribution in [0.2, 0.25) is 0 Å². The fourth-order valence-electron chi connectivity index (χ4n) is 1.50. The standard InChI is InChI=1S/C12H18F2N2O2S/c1-9(8-15)3-2-6-16-19(17,18)10-4-5-11(13)12(14)7-10/h4-5,7,9,16H,2-3,6,8,15H2,1H3. The van der Waals surface area contributed by atoms with Gasteiger partial charge in [-0.15, -0.1) is 0 Å². The molecule has 0 bridgehead atoms. The van der Waals surface area contributed by atoms with Crippen molar-refractivity contribution < 1.29 is 17.2 Å². The van der Waals surface area contributed by atoms with Gasteiger partial charge in [0.05, 0.1) is 4.90 Å². The summed E-state index contributed by atoms with van der Waals surface area (Å²) in [5, 5.41) is 0. The molecule has 0 saturated heterocycles. The van der Waals surface area contributed by atoms with Crippen molar-refractivity contribution in [2.24, 2.45) is 11.7 Å². The normalized spacial score (nSPS) is 13.5. The van der Waals surface area contributed by atoms with Gasteiger partial charge in [-0.3, -0.25) is 0 Å². The van der Waals surface area contributed by atoms with E-state index < -0.39 is 21.7 Å². The minimum absolute atomic E-state index is 0.242. The van der Waals surface area contributed by atoms with Crippen molar-refractivity contribution in [3.8, 4) is 0 Å². The van der Waals surface area contributed by atoms with Crippen molar-refractivity contribution in [1.29, 1.82) is 0 Å². The van der Waals surface area contributed by atoms with Crippen molar-refractivity contribution in [3.05, 3.63) is 29.8 Å². The average Bonchev–Trinajstić information content (AvgIpc) is 2.37. The van der Waals surface area contributed by atoms with E-state index in [0.717, 1.165) is 18.6 Å².